The first-order valence-electron chi connectivity index (χ1n) is 6.84. The van der Waals surface area contributed by atoms with Crippen LogP contribution in [-0.4, -0.2) is 23.0 Å². The molecular weight excluding hydrogens is 321 g/mol. The second-order valence-electron chi connectivity index (χ2n) is 5.61. The number of hydrogen-bond donors (Lipinski definition) is 2. The Morgan fingerprint density at radius 2 is 1.91 bits per heavy atom. The van der Waals surface area contributed by atoms with E-state index in [1.165, 1.54) is 0 Å². The maximum atomic E-state index is 12.5. The quantitative estimate of drug-likeness (QED) is 0.895. The molecule has 0 bridgehead atoms. The van der Waals surface area contributed by atoms with Gasteiger partial charge in [-0.15, -0.1) is 24.8 Å². The van der Waals surface area contributed by atoms with Crippen LogP contribution in [-0.2, 0) is 0 Å². The van der Waals surface area contributed by atoms with E-state index in [2.05, 4.69) is 10.3 Å². The van der Waals surface area contributed by atoms with Gasteiger partial charge in [0.25, 0.3) is 5.91 Å². The van der Waals surface area contributed by atoms with E-state index < -0.39 is 5.54 Å². The van der Waals surface area contributed by atoms with Crippen LogP contribution in [0.4, 0.5) is 0 Å². The molecule has 122 valence electrons. The van der Waals surface area contributed by atoms with Gasteiger partial charge < -0.3 is 11.1 Å². The summed E-state index contributed by atoms with van der Waals surface area (Å²) in [7, 11) is 0. The molecule has 0 spiro atoms. The van der Waals surface area contributed by atoms with Gasteiger partial charge in [0.1, 0.15) is 5.69 Å². The molecular formula is C16H23Cl2N3O. The number of benzene rings is 1. The molecule has 1 aromatic carbocycles. The largest absolute Gasteiger partial charge is 0.344 e. The molecule has 0 aliphatic rings. The van der Waals surface area contributed by atoms with Crippen LogP contribution in [0, 0.1) is 5.92 Å². The van der Waals surface area contributed by atoms with Gasteiger partial charge in [-0.1, -0.05) is 38.1 Å². The van der Waals surface area contributed by atoms with Gasteiger partial charge in [0, 0.05) is 18.1 Å². The van der Waals surface area contributed by atoms with Crippen LogP contribution in [0.5, 0.6) is 0 Å². The normalized spacial score (nSPS) is 13.0. The zero-order valence-corrected chi connectivity index (χ0v) is 14.6. The maximum Gasteiger partial charge on any atom is 0.270 e. The number of carbonyl (C=O) groups is 1. The summed E-state index contributed by atoms with van der Waals surface area (Å²) in [5, 5.41) is 4.89. The lowest BCUT2D eigenvalue weighted by Crippen LogP contribution is -2.55. The average Bonchev–Trinajstić information content (AvgIpc) is 2.46. The Labute approximate surface area is 143 Å². The number of fused-ring (bicyclic) bond motifs is 1. The van der Waals surface area contributed by atoms with E-state index >= 15 is 0 Å². The van der Waals surface area contributed by atoms with E-state index in [-0.39, 0.29) is 36.6 Å². The smallest absolute Gasteiger partial charge is 0.270 e. The summed E-state index contributed by atoms with van der Waals surface area (Å²) >= 11 is 0. The highest BCUT2D eigenvalue weighted by atomic mass is 35.5. The highest BCUT2D eigenvalue weighted by molar-refractivity contribution is 6.05. The molecule has 3 N–H and O–H groups in total. The number of nitrogens with one attached hydrogen (secondary N) is 1. The van der Waals surface area contributed by atoms with Crippen LogP contribution < -0.4 is 11.1 Å². The number of pyridine rings is 1. The van der Waals surface area contributed by atoms with Gasteiger partial charge in [0.15, 0.2) is 0 Å². The Bertz CT molecular complexity index is 628. The maximum absolute atomic E-state index is 12.5. The van der Waals surface area contributed by atoms with Crippen molar-refractivity contribution in [3.63, 3.8) is 0 Å². The number of carbonyl (C=O) groups excluding carboxylic acids is 1. The predicted octanol–water partition coefficient (Wildman–Crippen LogP) is 3.18. The third kappa shape index (κ3) is 4.09. The first-order chi connectivity index (χ1) is 9.48. The van der Waals surface area contributed by atoms with Crippen molar-refractivity contribution in [2.45, 2.75) is 26.3 Å². The van der Waals surface area contributed by atoms with E-state index in [9.17, 15) is 4.79 Å². The van der Waals surface area contributed by atoms with Crippen LogP contribution in [0.2, 0.25) is 0 Å². The summed E-state index contributed by atoms with van der Waals surface area (Å²) in [5.74, 6) is 0.0647. The van der Waals surface area contributed by atoms with Gasteiger partial charge in [-0.25, -0.2) is 0 Å². The van der Waals surface area contributed by atoms with Crippen molar-refractivity contribution < 1.29 is 4.79 Å². The molecule has 2 rings (SSSR count). The number of rotatable bonds is 4. The second kappa shape index (κ2) is 8.32. The molecule has 1 atom stereocenters. The summed E-state index contributed by atoms with van der Waals surface area (Å²) in [6, 6.07) is 9.63. The molecule has 2 aromatic rings. The number of nitrogens with zero attached hydrogens (tertiary/aromatic N) is 1. The molecule has 4 nitrogen and oxygen atoms in total. The van der Waals surface area contributed by atoms with Crippen molar-refractivity contribution in [3.05, 3.63) is 42.2 Å². The fourth-order valence-corrected chi connectivity index (χ4v) is 2.05. The number of amides is 1. The van der Waals surface area contributed by atoms with Gasteiger partial charge in [0.2, 0.25) is 0 Å². The van der Waals surface area contributed by atoms with Gasteiger partial charge in [-0.05, 0) is 24.3 Å². The zero-order chi connectivity index (χ0) is 14.8. The molecule has 0 fully saturated rings. The molecule has 0 saturated carbocycles. The van der Waals surface area contributed by atoms with Crippen LogP contribution in [0.1, 0.15) is 31.3 Å². The molecule has 1 aromatic heterocycles. The van der Waals surface area contributed by atoms with E-state index in [0.717, 1.165) is 10.8 Å². The second-order valence-corrected chi connectivity index (χ2v) is 5.61. The fourth-order valence-electron chi connectivity index (χ4n) is 2.05. The van der Waals surface area contributed by atoms with E-state index in [4.69, 9.17) is 5.73 Å². The molecule has 0 radical (unpaired) electrons. The first-order valence-corrected chi connectivity index (χ1v) is 6.84. The van der Waals surface area contributed by atoms with Crippen molar-refractivity contribution in [1.29, 1.82) is 0 Å². The van der Waals surface area contributed by atoms with Crippen molar-refractivity contribution in [3.8, 4) is 0 Å². The molecule has 0 aliphatic heterocycles. The van der Waals surface area contributed by atoms with Crippen molar-refractivity contribution in [2.24, 2.45) is 11.7 Å². The minimum absolute atomic E-state index is 0. The minimum atomic E-state index is -0.435. The standard InChI is InChI=1S/C16H21N3O.2ClH/c1-11(2)16(3,10-17)19-15(20)14-13-7-5-4-6-12(13)8-9-18-14;;/h4-9,11H,10,17H2,1-3H3,(H,19,20);2*1H. The van der Waals surface area contributed by atoms with Gasteiger partial charge in [-0.2, -0.15) is 0 Å². The Morgan fingerprint density at radius 1 is 1.27 bits per heavy atom. The Balaban J connectivity index is 0.00000220. The van der Waals surface area contributed by atoms with E-state index in [1.807, 2.05) is 51.1 Å². The Hall–Kier alpha value is -1.36. The monoisotopic (exact) mass is 343 g/mol. The molecule has 22 heavy (non-hydrogen) atoms. The fraction of sp³-hybridized carbons (Fsp3) is 0.375. The number of hydrogen-bond acceptors (Lipinski definition) is 3. The lowest BCUT2D eigenvalue weighted by molar-refractivity contribution is 0.0880. The third-order valence-electron chi connectivity index (χ3n) is 3.99. The SMILES string of the molecule is CC(C)C(C)(CN)NC(=O)c1nccc2ccccc12.Cl.Cl. The molecule has 6 heteroatoms. The lowest BCUT2D eigenvalue weighted by atomic mass is 9.88. The highest BCUT2D eigenvalue weighted by Gasteiger charge is 2.29. The summed E-state index contributed by atoms with van der Waals surface area (Å²) in [5.41, 5.74) is 5.82. The van der Waals surface area contributed by atoms with Crippen LogP contribution in [0.15, 0.2) is 36.5 Å². The number of halogens is 2. The highest BCUT2D eigenvalue weighted by Crippen LogP contribution is 2.19. The summed E-state index contributed by atoms with van der Waals surface area (Å²) in [6.45, 7) is 6.44. The summed E-state index contributed by atoms with van der Waals surface area (Å²) in [6.07, 6.45) is 1.66. The van der Waals surface area contributed by atoms with Crippen LogP contribution in [0.25, 0.3) is 10.8 Å². The predicted molar refractivity (Wildman–Crippen MR) is 96.0 cm³/mol. The van der Waals surface area contributed by atoms with Gasteiger partial charge in [0.05, 0.1) is 5.54 Å². The third-order valence-corrected chi connectivity index (χ3v) is 3.99. The molecule has 0 aliphatic carbocycles. The number of nitrogens with two attached hydrogens (primary N) is 1. The van der Waals surface area contributed by atoms with E-state index in [0.29, 0.717) is 12.2 Å². The van der Waals surface area contributed by atoms with Gasteiger partial charge >= 0.3 is 0 Å². The van der Waals surface area contributed by atoms with E-state index in [1.54, 1.807) is 6.20 Å². The van der Waals surface area contributed by atoms with Crippen LogP contribution in [0.3, 0.4) is 0 Å². The van der Waals surface area contributed by atoms with Crippen molar-refractivity contribution in [2.75, 3.05) is 6.54 Å². The number of aromatic nitrogens is 1. The Morgan fingerprint density at radius 3 is 2.50 bits per heavy atom. The molecule has 1 unspecified atom stereocenters. The average molecular weight is 344 g/mol. The molecule has 1 heterocycles. The van der Waals surface area contributed by atoms with Crippen LogP contribution >= 0.6 is 24.8 Å². The zero-order valence-electron chi connectivity index (χ0n) is 13.0. The first kappa shape index (κ1) is 20.6. The molecule has 1 amide bonds. The molecule has 0 saturated heterocycles. The lowest BCUT2D eigenvalue weighted by Gasteiger charge is -2.33. The van der Waals surface area contributed by atoms with Crippen molar-refractivity contribution in [1.82, 2.24) is 10.3 Å². The minimum Gasteiger partial charge on any atom is -0.344 e. The summed E-state index contributed by atoms with van der Waals surface area (Å²) < 4.78 is 0. The van der Waals surface area contributed by atoms with Gasteiger partial charge in [-0.3, -0.25) is 9.78 Å². The Kier molecular flexibility index (Phi) is 7.81. The van der Waals surface area contributed by atoms with Crippen molar-refractivity contribution >= 4 is 41.5 Å². The topological polar surface area (TPSA) is 68.0 Å². The summed E-state index contributed by atoms with van der Waals surface area (Å²) in [4.78, 5) is 16.7.